The Hall–Kier alpha value is -3.85. The Morgan fingerprint density at radius 3 is 2.40 bits per heavy atom. The number of rotatable bonds is 7. The van der Waals surface area contributed by atoms with E-state index < -0.39 is 11.6 Å². The van der Waals surface area contributed by atoms with Crippen LogP contribution in [0.25, 0.3) is 22.5 Å². The summed E-state index contributed by atoms with van der Waals surface area (Å²) in [5.74, 6) is 0.238. The van der Waals surface area contributed by atoms with E-state index in [4.69, 9.17) is 4.52 Å². The summed E-state index contributed by atoms with van der Waals surface area (Å²) in [5, 5.41) is 11.6. The second-order valence-electron chi connectivity index (χ2n) is 10.8. The number of anilines is 2. The number of halogens is 2. The minimum Gasteiger partial charge on any atom is -0.370 e. The van der Waals surface area contributed by atoms with Gasteiger partial charge in [0.25, 0.3) is 0 Å². The quantitative estimate of drug-likeness (QED) is 0.280. The molecule has 3 atom stereocenters. The van der Waals surface area contributed by atoms with Crippen LogP contribution in [0, 0.1) is 18.6 Å². The van der Waals surface area contributed by atoms with Crippen molar-refractivity contribution in [2.24, 2.45) is 0 Å². The highest BCUT2D eigenvalue weighted by atomic mass is 19.2. The number of nitrogens with zero attached hydrogens (tertiary/aromatic N) is 4. The number of nitrogens with one attached hydrogen (secondary N) is 2. The van der Waals surface area contributed by atoms with E-state index in [0.29, 0.717) is 29.4 Å². The molecule has 2 fully saturated rings. The number of piperidine rings is 1. The molecule has 0 unspecified atom stereocenters. The third-order valence-corrected chi connectivity index (χ3v) is 8.00. The molecule has 2 aromatic heterocycles. The zero-order chi connectivity index (χ0) is 27.5. The van der Waals surface area contributed by atoms with Crippen LogP contribution in [0.2, 0.25) is 0 Å². The first kappa shape index (κ1) is 26.4. The standard InChI is InChI=1S/C31H34F2N6O/c1-20-35-31(38-40-20)21-8-11-25(12-9-21)39-16-4-5-24(19-39)36-28-6-2-3-7-29(28)37-30-18-23(14-15-34-30)22-10-13-26(32)27(33)17-22/h8-15,17-18,24,28-29,36H,2-7,16,19H2,1H3,(H,34,37)/t24-,28+,29+/m0/s1. The van der Waals surface area contributed by atoms with Gasteiger partial charge in [-0.25, -0.2) is 13.8 Å². The molecular formula is C31H34F2N6O. The van der Waals surface area contributed by atoms with Crippen molar-refractivity contribution in [2.45, 2.75) is 63.6 Å². The lowest BCUT2D eigenvalue weighted by Gasteiger charge is -2.40. The Bertz CT molecular complexity index is 1440. The maximum Gasteiger partial charge on any atom is 0.223 e. The lowest BCUT2D eigenvalue weighted by Crippen LogP contribution is -2.54. The first-order chi connectivity index (χ1) is 19.5. The molecule has 40 heavy (non-hydrogen) atoms. The molecule has 4 aromatic rings. The third kappa shape index (κ3) is 5.99. The van der Waals surface area contributed by atoms with E-state index in [-0.39, 0.29) is 6.04 Å². The van der Waals surface area contributed by atoms with E-state index in [9.17, 15) is 8.78 Å². The maximum atomic E-state index is 13.8. The van der Waals surface area contributed by atoms with Gasteiger partial charge in [-0.3, -0.25) is 0 Å². The molecule has 2 N–H and O–H groups in total. The summed E-state index contributed by atoms with van der Waals surface area (Å²) in [4.78, 5) is 11.3. The minimum atomic E-state index is -0.847. The Kier molecular flexibility index (Phi) is 7.73. The van der Waals surface area contributed by atoms with Crippen molar-refractivity contribution in [1.82, 2.24) is 20.4 Å². The molecule has 7 nitrogen and oxygen atoms in total. The highest BCUT2D eigenvalue weighted by molar-refractivity contribution is 5.66. The second kappa shape index (κ2) is 11.7. The van der Waals surface area contributed by atoms with Gasteiger partial charge in [-0.05, 0) is 85.3 Å². The Morgan fingerprint density at radius 1 is 0.850 bits per heavy atom. The lowest BCUT2D eigenvalue weighted by atomic mass is 9.89. The van der Waals surface area contributed by atoms with Gasteiger partial charge in [-0.1, -0.05) is 24.1 Å². The van der Waals surface area contributed by atoms with Gasteiger partial charge < -0.3 is 20.1 Å². The Labute approximate surface area is 233 Å². The molecule has 9 heteroatoms. The normalized spacial score (nSPS) is 21.4. The smallest absolute Gasteiger partial charge is 0.223 e. The van der Waals surface area contributed by atoms with Gasteiger partial charge in [0.1, 0.15) is 5.82 Å². The monoisotopic (exact) mass is 544 g/mol. The van der Waals surface area contributed by atoms with Crippen molar-refractivity contribution in [2.75, 3.05) is 23.3 Å². The molecule has 1 aliphatic carbocycles. The van der Waals surface area contributed by atoms with Crippen LogP contribution >= 0.6 is 0 Å². The molecule has 0 radical (unpaired) electrons. The first-order valence-corrected chi connectivity index (χ1v) is 14.1. The molecule has 2 aromatic carbocycles. The van der Waals surface area contributed by atoms with Crippen molar-refractivity contribution in [3.05, 3.63) is 78.3 Å². The van der Waals surface area contributed by atoms with Crippen LogP contribution in [0.5, 0.6) is 0 Å². The highest BCUT2D eigenvalue weighted by Gasteiger charge is 2.29. The fourth-order valence-corrected chi connectivity index (χ4v) is 5.95. The Morgan fingerprint density at radius 2 is 1.62 bits per heavy atom. The molecule has 0 bridgehead atoms. The van der Waals surface area contributed by atoms with Crippen molar-refractivity contribution in [1.29, 1.82) is 0 Å². The van der Waals surface area contributed by atoms with Gasteiger partial charge in [0.05, 0.1) is 0 Å². The fourth-order valence-electron chi connectivity index (χ4n) is 5.95. The molecule has 3 heterocycles. The van der Waals surface area contributed by atoms with Gasteiger partial charge in [0.2, 0.25) is 11.7 Å². The van der Waals surface area contributed by atoms with Crippen LogP contribution < -0.4 is 15.5 Å². The summed E-state index contributed by atoms with van der Waals surface area (Å²) in [7, 11) is 0. The summed E-state index contributed by atoms with van der Waals surface area (Å²) < 4.78 is 32.3. The molecule has 1 aliphatic heterocycles. The van der Waals surface area contributed by atoms with Crippen LogP contribution in [-0.2, 0) is 0 Å². The average Bonchev–Trinajstić information content (AvgIpc) is 3.42. The summed E-state index contributed by atoms with van der Waals surface area (Å²) in [6, 6.07) is 17.1. The number of aromatic nitrogens is 3. The molecule has 0 spiro atoms. The number of benzene rings is 2. The van der Waals surface area contributed by atoms with Gasteiger partial charge >= 0.3 is 0 Å². The van der Waals surface area contributed by atoms with Crippen molar-refractivity contribution >= 4 is 11.5 Å². The number of aryl methyl sites for hydroxylation is 1. The predicted molar refractivity (Wildman–Crippen MR) is 152 cm³/mol. The summed E-state index contributed by atoms with van der Waals surface area (Å²) >= 11 is 0. The summed E-state index contributed by atoms with van der Waals surface area (Å²) in [5.41, 5.74) is 3.59. The third-order valence-electron chi connectivity index (χ3n) is 8.00. The average molecular weight is 545 g/mol. The van der Waals surface area contributed by atoms with Crippen molar-refractivity contribution in [3.8, 4) is 22.5 Å². The first-order valence-electron chi connectivity index (χ1n) is 14.1. The number of pyridine rings is 1. The zero-order valence-electron chi connectivity index (χ0n) is 22.6. The predicted octanol–water partition coefficient (Wildman–Crippen LogP) is 6.37. The largest absolute Gasteiger partial charge is 0.370 e. The molecule has 208 valence electrons. The molecule has 1 saturated heterocycles. The highest BCUT2D eigenvalue weighted by Crippen LogP contribution is 2.28. The van der Waals surface area contributed by atoms with Gasteiger partial charge in [0, 0.05) is 55.6 Å². The van der Waals surface area contributed by atoms with Gasteiger partial charge in [-0.15, -0.1) is 0 Å². The van der Waals surface area contributed by atoms with Crippen molar-refractivity contribution < 1.29 is 13.3 Å². The van der Waals surface area contributed by atoms with E-state index in [1.54, 1.807) is 19.2 Å². The molecule has 1 saturated carbocycles. The van der Waals surface area contributed by atoms with E-state index >= 15 is 0 Å². The van der Waals surface area contributed by atoms with Crippen LogP contribution in [0.15, 0.2) is 65.3 Å². The van der Waals surface area contributed by atoms with E-state index in [2.05, 4.69) is 54.9 Å². The lowest BCUT2D eigenvalue weighted by molar-refractivity contribution is 0.293. The van der Waals surface area contributed by atoms with Gasteiger partial charge in [0.15, 0.2) is 11.6 Å². The summed E-state index contributed by atoms with van der Waals surface area (Å²) in [6.07, 6.45) is 8.52. The molecule has 6 rings (SSSR count). The number of hydrogen-bond donors (Lipinski definition) is 2. The molecule has 2 aliphatic rings. The van der Waals surface area contributed by atoms with Gasteiger partial charge in [-0.2, -0.15) is 4.98 Å². The van der Waals surface area contributed by atoms with Crippen molar-refractivity contribution in [3.63, 3.8) is 0 Å². The van der Waals surface area contributed by atoms with E-state index in [1.165, 1.54) is 24.6 Å². The van der Waals surface area contributed by atoms with Crippen LogP contribution in [0.3, 0.4) is 0 Å². The van der Waals surface area contributed by atoms with Crippen LogP contribution in [-0.4, -0.2) is 46.3 Å². The van der Waals surface area contributed by atoms with Crippen LogP contribution in [0.4, 0.5) is 20.3 Å². The van der Waals surface area contributed by atoms with E-state index in [1.807, 2.05) is 12.1 Å². The minimum absolute atomic E-state index is 0.245. The van der Waals surface area contributed by atoms with Crippen LogP contribution in [0.1, 0.15) is 44.4 Å². The number of hydrogen-bond acceptors (Lipinski definition) is 7. The van der Waals surface area contributed by atoms with E-state index in [0.717, 1.165) is 61.8 Å². The topological polar surface area (TPSA) is 79.1 Å². The SMILES string of the molecule is Cc1nc(-c2ccc(N3CCC[C@H](N[C@@H]4CCCC[C@H]4Nc4cc(-c5ccc(F)c(F)c5)ccn4)C3)cc2)no1. The Balaban J connectivity index is 1.10. The molecular weight excluding hydrogens is 510 g/mol. The molecule has 0 amide bonds. The maximum absolute atomic E-state index is 13.8. The fraction of sp³-hybridized carbons (Fsp3) is 0.387. The zero-order valence-corrected chi connectivity index (χ0v) is 22.6. The second-order valence-corrected chi connectivity index (χ2v) is 10.8. The summed E-state index contributed by atoms with van der Waals surface area (Å²) in [6.45, 7) is 3.78.